The molecule has 3 aliphatic rings. The molecule has 1 aromatic carbocycles. The summed E-state index contributed by atoms with van der Waals surface area (Å²) < 4.78 is 16.5. The number of halogens is 1. The third-order valence-corrected chi connectivity index (χ3v) is 6.25. The van der Waals surface area contributed by atoms with Gasteiger partial charge in [-0.25, -0.2) is 4.99 Å². The Kier molecular flexibility index (Phi) is 8.88. The first-order valence-corrected chi connectivity index (χ1v) is 11.0. The molecule has 0 atom stereocenters. The summed E-state index contributed by atoms with van der Waals surface area (Å²) in [5.41, 5.74) is 1.34. The molecule has 4 rings (SSSR count). The first-order valence-electron chi connectivity index (χ1n) is 11.0. The van der Waals surface area contributed by atoms with Gasteiger partial charge in [-0.3, -0.25) is 4.90 Å². The molecule has 0 unspecified atom stereocenters. The van der Waals surface area contributed by atoms with Crippen LogP contribution in [0.25, 0.3) is 0 Å². The molecular weight excluding hydrogens is 495 g/mol. The van der Waals surface area contributed by atoms with Crippen LogP contribution in [0.5, 0.6) is 11.5 Å². The smallest absolute Gasteiger partial charge is 0.231 e. The predicted octanol–water partition coefficient (Wildman–Crippen LogP) is 3.12. The van der Waals surface area contributed by atoms with Crippen molar-refractivity contribution in [3.8, 4) is 11.5 Å². The Balaban J connectivity index is 0.00000256. The van der Waals surface area contributed by atoms with Crippen molar-refractivity contribution < 1.29 is 14.2 Å². The van der Waals surface area contributed by atoms with Crippen molar-refractivity contribution in [1.82, 2.24) is 15.5 Å². The third-order valence-electron chi connectivity index (χ3n) is 6.25. The summed E-state index contributed by atoms with van der Waals surface area (Å²) in [6.45, 7) is 8.55. The molecule has 0 amide bonds. The average molecular weight is 530 g/mol. The minimum atomic E-state index is 0. The molecule has 0 bridgehead atoms. The normalized spacial score (nSPS) is 21.0. The van der Waals surface area contributed by atoms with Crippen LogP contribution in [0.15, 0.2) is 23.2 Å². The molecule has 0 radical (unpaired) electrons. The van der Waals surface area contributed by atoms with Gasteiger partial charge in [-0.05, 0) is 37.5 Å². The van der Waals surface area contributed by atoms with E-state index in [0.29, 0.717) is 13.3 Å². The average Bonchev–Trinajstić information content (AvgIpc) is 3.25. The Hall–Kier alpha value is -1.26. The molecular formula is C22H35IN4O3. The van der Waals surface area contributed by atoms with E-state index in [-0.39, 0.29) is 29.5 Å². The van der Waals surface area contributed by atoms with Crippen LogP contribution < -0.4 is 20.1 Å². The Morgan fingerprint density at radius 1 is 1.07 bits per heavy atom. The lowest BCUT2D eigenvalue weighted by Crippen LogP contribution is -2.60. The van der Waals surface area contributed by atoms with Crippen molar-refractivity contribution in [2.45, 2.75) is 51.1 Å². The summed E-state index contributed by atoms with van der Waals surface area (Å²) in [6, 6.07) is 6.03. The highest BCUT2D eigenvalue weighted by atomic mass is 127. The Morgan fingerprint density at radius 2 is 1.83 bits per heavy atom. The first kappa shape index (κ1) is 23.4. The van der Waals surface area contributed by atoms with Gasteiger partial charge in [0.15, 0.2) is 17.5 Å². The van der Waals surface area contributed by atoms with E-state index in [1.54, 1.807) is 0 Å². The summed E-state index contributed by atoms with van der Waals surface area (Å²) in [4.78, 5) is 7.48. The predicted molar refractivity (Wildman–Crippen MR) is 129 cm³/mol. The van der Waals surface area contributed by atoms with Crippen LogP contribution in [0.4, 0.5) is 0 Å². The van der Waals surface area contributed by atoms with Crippen LogP contribution in [-0.4, -0.2) is 62.6 Å². The van der Waals surface area contributed by atoms with E-state index in [2.05, 4.69) is 28.5 Å². The fourth-order valence-electron chi connectivity index (χ4n) is 4.65. The number of aliphatic imine (C=N–C) groups is 1. The standard InChI is InChI=1S/C22H34N4O3.HI/c1-2-23-21(24-15-18-6-7-19-20(14-18)29-17-28-19)25-16-22(8-4-3-5-9-22)26-10-12-27-13-11-26;/h6-7,14H,2-5,8-13,15-17H2,1H3,(H2,23,24,25);1H. The molecule has 1 aliphatic carbocycles. The number of benzene rings is 1. The summed E-state index contributed by atoms with van der Waals surface area (Å²) in [5, 5.41) is 7.06. The van der Waals surface area contributed by atoms with E-state index in [1.807, 2.05) is 12.1 Å². The highest BCUT2D eigenvalue weighted by molar-refractivity contribution is 14.0. The number of rotatable bonds is 6. The van der Waals surface area contributed by atoms with Crippen molar-refractivity contribution in [1.29, 1.82) is 0 Å². The maximum Gasteiger partial charge on any atom is 0.231 e. The summed E-state index contributed by atoms with van der Waals surface area (Å²) >= 11 is 0. The third kappa shape index (κ3) is 5.70. The van der Waals surface area contributed by atoms with Gasteiger partial charge in [-0.15, -0.1) is 24.0 Å². The molecule has 2 aliphatic heterocycles. The van der Waals surface area contributed by atoms with Crippen molar-refractivity contribution >= 4 is 29.9 Å². The van der Waals surface area contributed by atoms with Crippen LogP contribution in [0, 0.1) is 0 Å². The minimum absolute atomic E-state index is 0. The number of nitrogens with one attached hydrogen (secondary N) is 2. The van der Waals surface area contributed by atoms with Gasteiger partial charge in [0.2, 0.25) is 6.79 Å². The van der Waals surface area contributed by atoms with Gasteiger partial charge >= 0.3 is 0 Å². The van der Waals surface area contributed by atoms with Crippen molar-refractivity contribution in [3.05, 3.63) is 23.8 Å². The molecule has 1 aromatic rings. The summed E-state index contributed by atoms with van der Waals surface area (Å²) in [5.74, 6) is 2.50. The number of hydrogen-bond acceptors (Lipinski definition) is 5. The van der Waals surface area contributed by atoms with Gasteiger partial charge in [-0.2, -0.15) is 0 Å². The Labute approximate surface area is 196 Å². The summed E-state index contributed by atoms with van der Waals surface area (Å²) in [6.07, 6.45) is 6.47. The van der Waals surface area contributed by atoms with Gasteiger partial charge in [0, 0.05) is 31.7 Å². The lowest BCUT2D eigenvalue weighted by Gasteiger charge is -2.48. The topological polar surface area (TPSA) is 67.4 Å². The monoisotopic (exact) mass is 530 g/mol. The Bertz CT molecular complexity index is 704. The van der Waals surface area contributed by atoms with Crippen molar-refractivity contribution in [2.75, 3.05) is 46.2 Å². The van der Waals surface area contributed by atoms with Gasteiger partial charge < -0.3 is 24.8 Å². The highest BCUT2D eigenvalue weighted by Crippen LogP contribution is 2.34. The van der Waals surface area contributed by atoms with Crippen LogP contribution >= 0.6 is 24.0 Å². The molecule has 2 fully saturated rings. The molecule has 2 heterocycles. The lowest BCUT2D eigenvalue weighted by molar-refractivity contribution is -0.0352. The van der Waals surface area contributed by atoms with E-state index in [1.165, 1.54) is 32.1 Å². The zero-order chi connectivity index (χ0) is 19.9. The minimum Gasteiger partial charge on any atom is -0.454 e. The molecule has 0 spiro atoms. The fraction of sp³-hybridized carbons (Fsp3) is 0.682. The second-order valence-corrected chi connectivity index (χ2v) is 8.12. The number of guanidine groups is 1. The molecule has 1 saturated heterocycles. The van der Waals surface area contributed by atoms with Crippen molar-refractivity contribution in [3.63, 3.8) is 0 Å². The van der Waals surface area contributed by atoms with E-state index < -0.39 is 0 Å². The van der Waals surface area contributed by atoms with Crippen molar-refractivity contribution in [2.24, 2.45) is 4.99 Å². The highest BCUT2D eigenvalue weighted by Gasteiger charge is 2.38. The molecule has 2 N–H and O–H groups in total. The first-order chi connectivity index (χ1) is 14.3. The largest absolute Gasteiger partial charge is 0.454 e. The van der Waals surface area contributed by atoms with Crippen LogP contribution in [0.3, 0.4) is 0 Å². The number of nitrogens with zero attached hydrogens (tertiary/aromatic N) is 2. The molecule has 30 heavy (non-hydrogen) atoms. The van der Waals surface area contributed by atoms with Gasteiger partial charge in [0.1, 0.15) is 0 Å². The van der Waals surface area contributed by atoms with Gasteiger partial charge in [-0.1, -0.05) is 25.3 Å². The van der Waals surface area contributed by atoms with Crippen LogP contribution in [0.1, 0.15) is 44.6 Å². The quantitative estimate of drug-likeness (QED) is 0.335. The van der Waals surface area contributed by atoms with E-state index in [4.69, 9.17) is 19.2 Å². The molecule has 168 valence electrons. The zero-order valence-corrected chi connectivity index (χ0v) is 20.3. The number of ether oxygens (including phenoxy) is 3. The lowest BCUT2D eigenvalue weighted by atomic mass is 9.80. The van der Waals surface area contributed by atoms with Crippen LogP contribution in [-0.2, 0) is 11.3 Å². The molecule has 7 nitrogen and oxygen atoms in total. The zero-order valence-electron chi connectivity index (χ0n) is 18.0. The van der Waals surface area contributed by atoms with Gasteiger partial charge in [0.25, 0.3) is 0 Å². The van der Waals surface area contributed by atoms with E-state index in [0.717, 1.165) is 62.4 Å². The maximum absolute atomic E-state index is 5.60. The maximum atomic E-state index is 5.60. The van der Waals surface area contributed by atoms with E-state index >= 15 is 0 Å². The second-order valence-electron chi connectivity index (χ2n) is 8.12. The van der Waals surface area contributed by atoms with E-state index in [9.17, 15) is 0 Å². The number of morpholine rings is 1. The van der Waals surface area contributed by atoms with Crippen LogP contribution in [0.2, 0.25) is 0 Å². The Morgan fingerprint density at radius 3 is 2.60 bits per heavy atom. The molecule has 0 aromatic heterocycles. The van der Waals surface area contributed by atoms with Gasteiger partial charge in [0.05, 0.1) is 19.8 Å². The number of hydrogen-bond donors (Lipinski definition) is 2. The fourth-order valence-corrected chi connectivity index (χ4v) is 4.65. The molecule has 1 saturated carbocycles. The second kappa shape index (κ2) is 11.4. The molecule has 8 heteroatoms. The summed E-state index contributed by atoms with van der Waals surface area (Å²) in [7, 11) is 0. The number of fused-ring (bicyclic) bond motifs is 1. The SMILES string of the molecule is CCNC(=NCc1ccc2c(c1)OCO2)NCC1(N2CCOCC2)CCCCC1.I.